The fourth-order valence-electron chi connectivity index (χ4n) is 3.63. The number of phenols is 1. The highest BCUT2D eigenvalue weighted by Crippen LogP contribution is 2.37. The van der Waals surface area contributed by atoms with Gasteiger partial charge >= 0.3 is 0 Å². The van der Waals surface area contributed by atoms with E-state index in [-0.39, 0.29) is 35.6 Å². The maximum absolute atomic E-state index is 12.6. The minimum atomic E-state index is -0.356. The second-order valence-corrected chi connectivity index (χ2v) is 6.32. The fourth-order valence-corrected chi connectivity index (χ4v) is 3.63. The monoisotopic (exact) mass is 329 g/mol. The number of fused-ring (bicyclic) bond motifs is 1. The van der Waals surface area contributed by atoms with Crippen LogP contribution in [0.25, 0.3) is 0 Å². The summed E-state index contributed by atoms with van der Waals surface area (Å²) in [5.74, 6) is 0.193. The van der Waals surface area contributed by atoms with Crippen molar-refractivity contribution in [3.8, 4) is 5.75 Å². The number of carbonyl (C=O) groups excluding carboxylic acids is 1. The van der Waals surface area contributed by atoms with Gasteiger partial charge in [0.2, 0.25) is 5.91 Å². The molecule has 1 amide bonds. The van der Waals surface area contributed by atoms with Gasteiger partial charge in [0.15, 0.2) is 0 Å². The maximum atomic E-state index is 12.6. The molecule has 24 heavy (non-hydrogen) atoms. The molecule has 1 aromatic carbocycles. The number of hydrogen-bond acceptors (Lipinski definition) is 4. The van der Waals surface area contributed by atoms with E-state index in [1.807, 2.05) is 6.07 Å². The number of aromatic amines is 1. The Morgan fingerprint density at radius 1 is 1.21 bits per heavy atom. The third kappa shape index (κ3) is 2.50. The second kappa shape index (κ2) is 5.83. The first-order valence-corrected chi connectivity index (χ1v) is 8.14. The molecule has 1 atom stereocenters. The highest BCUT2D eigenvalue weighted by molar-refractivity contribution is 5.94. The molecule has 0 radical (unpaired) electrons. The predicted octanol–water partition coefficient (Wildman–Crippen LogP) is 1.71. The summed E-state index contributed by atoms with van der Waals surface area (Å²) in [7, 11) is 0. The molecule has 0 saturated carbocycles. The molecule has 1 fully saturated rings. The van der Waals surface area contributed by atoms with Crippen LogP contribution < -0.4 is 10.9 Å². The molecule has 7 nitrogen and oxygen atoms in total. The van der Waals surface area contributed by atoms with E-state index in [1.165, 1.54) is 0 Å². The molecular weight excluding hydrogens is 310 g/mol. The average Bonchev–Trinajstić information content (AvgIpc) is 2.91. The molecule has 0 bridgehead atoms. The summed E-state index contributed by atoms with van der Waals surface area (Å²) in [5.41, 5.74) is 1.14. The molecule has 0 unspecified atom stereocenters. The predicted molar refractivity (Wildman–Crippen MR) is 87.3 cm³/mol. The normalized spacial score (nSPS) is 21.3. The quantitative estimate of drug-likeness (QED) is 0.781. The van der Waals surface area contributed by atoms with Crippen molar-refractivity contribution in [2.45, 2.75) is 31.2 Å². The van der Waals surface area contributed by atoms with E-state index in [1.54, 1.807) is 22.9 Å². The molecule has 1 saturated heterocycles. The molecule has 3 heterocycles. The van der Waals surface area contributed by atoms with Gasteiger partial charge in [-0.2, -0.15) is 0 Å². The van der Waals surface area contributed by atoms with Crippen molar-refractivity contribution in [1.29, 1.82) is 0 Å². The molecule has 3 N–H and O–H groups in total. The molecule has 1 aromatic heterocycles. The summed E-state index contributed by atoms with van der Waals surface area (Å²) in [6.45, 7) is 1.28. The molecule has 0 spiro atoms. The van der Waals surface area contributed by atoms with Crippen molar-refractivity contribution in [3.05, 3.63) is 45.7 Å². The smallest absolute Gasteiger partial charge is 0.270 e. The molecule has 7 heteroatoms. The van der Waals surface area contributed by atoms with Crippen LogP contribution in [0.4, 0.5) is 5.82 Å². The summed E-state index contributed by atoms with van der Waals surface area (Å²) in [5, 5.41) is 15.5. The number of amides is 1. The van der Waals surface area contributed by atoms with Gasteiger partial charge in [-0.3, -0.25) is 19.4 Å². The zero-order valence-corrected chi connectivity index (χ0v) is 13.1. The maximum Gasteiger partial charge on any atom is 0.270 e. The van der Waals surface area contributed by atoms with Crippen LogP contribution >= 0.6 is 0 Å². The fraction of sp³-hybridized carbons (Fsp3) is 0.412. The van der Waals surface area contributed by atoms with Crippen molar-refractivity contribution < 1.29 is 14.6 Å². The van der Waals surface area contributed by atoms with Crippen LogP contribution in [0, 0.1) is 0 Å². The highest BCUT2D eigenvalue weighted by Gasteiger charge is 2.34. The molecule has 2 aromatic rings. The molecule has 126 valence electrons. The van der Waals surface area contributed by atoms with E-state index in [0.717, 1.165) is 18.4 Å². The number of ether oxygens (including phenoxy) is 1. The number of benzene rings is 1. The van der Waals surface area contributed by atoms with Crippen LogP contribution in [-0.4, -0.2) is 34.0 Å². The number of anilines is 1. The van der Waals surface area contributed by atoms with Gasteiger partial charge in [0, 0.05) is 25.6 Å². The lowest BCUT2D eigenvalue weighted by Gasteiger charge is -2.28. The van der Waals surface area contributed by atoms with E-state index in [2.05, 4.69) is 10.4 Å². The van der Waals surface area contributed by atoms with Crippen LogP contribution in [0.2, 0.25) is 0 Å². The first-order valence-electron chi connectivity index (χ1n) is 8.14. The van der Waals surface area contributed by atoms with Gasteiger partial charge in [0.25, 0.3) is 5.56 Å². The lowest BCUT2D eigenvalue weighted by atomic mass is 9.87. The number of aromatic hydroxyl groups is 1. The summed E-state index contributed by atoms with van der Waals surface area (Å²) < 4.78 is 7.16. The molecule has 2 aliphatic rings. The van der Waals surface area contributed by atoms with Crippen molar-refractivity contribution >= 4 is 11.7 Å². The van der Waals surface area contributed by atoms with Gasteiger partial charge in [0.1, 0.15) is 11.6 Å². The number of nitrogens with one attached hydrogen (secondary N) is 2. The SMILES string of the molecule is O=C1C[C@H](c2cccc(O)c2)c2c(n(C3CCOCC3)[nH]c2=O)N1. The Balaban J connectivity index is 1.81. The van der Waals surface area contributed by atoms with E-state index in [9.17, 15) is 14.7 Å². The van der Waals surface area contributed by atoms with Gasteiger partial charge in [-0.1, -0.05) is 12.1 Å². The Kier molecular flexibility index (Phi) is 3.65. The second-order valence-electron chi connectivity index (χ2n) is 6.32. The lowest BCUT2D eigenvalue weighted by Crippen LogP contribution is -2.28. The number of hydrogen-bond donors (Lipinski definition) is 3. The Labute approximate surface area is 138 Å². The average molecular weight is 329 g/mol. The Morgan fingerprint density at radius 3 is 2.75 bits per heavy atom. The summed E-state index contributed by atoms with van der Waals surface area (Å²) >= 11 is 0. The van der Waals surface area contributed by atoms with Crippen molar-refractivity contribution in [2.75, 3.05) is 18.5 Å². The van der Waals surface area contributed by atoms with Gasteiger partial charge in [-0.15, -0.1) is 0 Å². The number of H-pyrrole nitrogens is 1. The number of phenolic OH excluding ortho intramolecular Hbond substituents is 1. The third-order valence-corrected chi connectivity index (χ3v) is 4.79. The first kappa shape index (κ1) is 15.0. The van der Waals surface area contributed by atoms with Crippen molar-refractivity contribution in [1.82, 2.24) is 9.78 Å². The van der Waals surface area contributed by atoms with Crippen molar-refractivity contribution in [2.24, 2.45) is 0 Å². The third-order valence-electron chi connectivity index (χ3n) is 4.79. The number of rotatable bonds is 2. The number of carbonyl (C=O) groups is 1. The minimum Gasteiger partial charge on any atom is -0.508 e. The molecule has 4 rings (SSSR count). The Bertz CT molecular complexity index is 833. The molecular formula is C17H19N3O4. The van der Waals surface area contributed by atoms with Crippen LogP contribution in [0.3, 0.4) is 0 Å². The molecule has 0 aliphatic carbocycles. The Morgan fingerprint density at radius 2 is 2.00 bits per heavy atom. The van der Waals surface area contributed by atoms with E-state index in [4.69, 9.17) is 4.74 Å². The number of nitrogens with zero attached hydrogens (tertiary/aromatic N) is 1. The summed E-state index contributed by atoms with van der Waals surface area (Å²) in [6.07, 6.45) is 1.78. The summed E-state index contributed by atoms with van der Waals surface area (Å²) in [4.78, 5) is 24.8. The van der Waals surface area contributed by atoms with Gasteiger partial charge < -0.3 is 15.2 Å². The standard InChI is InChI=1S/C17H19N3O4/c21-12-3-1-2-10(8-12)13-9-14(22)18-16-15(13)17(23)19-20(16)11-4-6-24-7-5-11/h1-3,8,11,13,21H,4-7,9H2,(H,18,22)(H,19,23)/t13-/m1/s1. The van der Waals surface area contributed by atoms with Gasteiger partial charge in [-0.05, 0) is 30.5 Å². The first-order chi connectivity index (χ1) is 11.6. The zero-order chi connectivity index (χ0) is 16.7. The largest absolute Gasteiger partial charge is 0.508 e. The van der Waals surface area contributed by atoms with E-state index < -0.39 is 0 Å². The molecule has 2 aliphatic heterocycles. The van der Waals surface area contributed by atoms with E-state index in [0.29, 0.717) is 24.6 Å². The van der Waals surface area contributed by atoms with Crippen LogP contribution in [0.15, 0.2) is 29.1 Å². The summed E-state index contributed by atoms with van der Waals surface area (Å²) in [6, 6.07) is 6.85. The van der Waals surface area contributed by atoms with Gasteiger partial charge in [0.05, 0.1) is 11.6 Å². The number of aromatic nitrogens is 2. The topological polar surface area (TPSA) is 96.3 Å². The Hall–Kier alpha value is -2.54. The lowest BCUT2D eigenvalue weighted by molar-refractivity contribution is -0.116. The van der Waals surface area contributed by atoms with Crippen LogP contribution in [0.1, 0.15) is 42.3 Å². The zero-order valence-electron chi connectivity index (χ0n) is 13.1. The highest BCUT2D eigenvalue weighted by atomic mass is 16.5. The van der Waals surface area contributed by atoms with Gasteiger partial charge in [-0.25, -0.2) is 0 Å². The van der Waals surface area contributed by atoms with Crippen LogP contribution in [-0.2, 0) is 9.53 Å². The van der Waals surface area contributed by atoms with Crippen LogP contribution in [0.5, 0.6) is 5.75 Å². The van der Waals surface area contributed by atoms with Crippen molar-refractivity contribution in [3.63, 3.8) is 0 Å². The minimum absolute atomic E-state index is 0.110. The van der Waals surface area contributed by atoms with E-state index >= 15 is 0 Å².